The Hall–Kier alpha value is -1.29. The number of nitrogens with one attached hydrogen (secondary N) is 1. The van der Waals surface area contributed by atoms with Gasteiger partial charge >= 0.3 is 0 Å². The van der Waals surface area contributed by atoms with Crippen molar-refractivity contribution in [1.29, 1.82) is 0 Å². The Kier molecular flexibility index (Phi) is 4.20. The van der Waals surface area contributed by atoms with Crippen molar-refractivity contribution >= 4 is 23.0 Å². The molecule has 92 valence electrons. The number of anilines is 1. The standard InChI is InChI=1S/C13H18N2OS/c1-2-8-14-13(17)15-9-5-10-16-12-7-4-3-6-11(12)15/h3-4,6-7H,2,5,8-10H2,1H3,(H,14,17). The topological polar surface area (TPSA) is 24.5 Å². The van der Waals surface area contributed by atoms with Crippen molar-refractivity contribution in [3.63, 3.8) is 0 Å². The van der Waals surface area contributed by atoms with Crippen LogP contribution in [0.25, 0.3) is 0 Å². The lowest BCUT2D eigenvalue weighted by Gasteiger charge is -2.24. The van der Waals surface area contributed by atoms with Gasteiger partial charge in [0, 0.05) is 13.1 Å². The van der Waals surface area contributed by atoms with Crippen molar-refractivity contribution in [2.75, 3.05) is 24.6 Å². The zero-order chi connectivity index (χ0) is 12.1. The van der Waals surface area contributed by atoms with Gasteiger partial charge in [-0.25, -0.2) is 0 Å². The molecule has 0 aromatic heterocycles. The summed E-state index contributed by atoms with van der Waals surface area (Å²) in [6.45, 7) is 4.71. The van der Waals surface area contributed by atoms with Crippen LogP contribution in [-0.4, -0.2) is 24.8 Å². The first-order valence-corrected chi connectivity index (χ1v) is 6.51. The Labute approximate surface area is 108 Å². The van der Waals surface area contributed by atoms with Gasteiger partial charge in [-0.15, -0.1) is 0 Å². The summed E-state index contributed by atoms with van der Waals surface area (Å²) in [5, 5.41) is 4.07. The number of ether oxygens (including phenoxy) is 1. The third kappa shape index (κ3) is 2.88. The molecule has 1 N–H and O–H groups in total. The van der Waals surface area contributed by atoms with Crippen molar-refractivity contribution in [3.05, 3.63) is 24.3 Å². The molecule has 1 aromatic rings. The average Bonchev–Trinajstić information content (AvgIpc) is 2.58. The lowest BCUT2D eigenvalue weighted by molar-refractivity contribution is 0.322. The quantitative estimate of drug-likeness (QED) is 0.815. The summed E-state index contributed by atoms with van der Waals surface area (Å²) in [5.41, 5.74) is 1.07. The lowest BCUT2D eigenvalue weighted by Crippen LogP contribution is -2.40. The predicted molar refractivity (Wildman–Crippen MR) is 74.8 cm³/mol. The maximum absolute atomic E-state index is 5.70. The second-order valence-electron chi connectivity index (χ2n) is 4.05. The maximum Gasteiger partial charge on any atom is 0.173 e. The van der Waals surface area contributed by atoms with Crippen LogP contribution in [-0.2, 0) is 0 Å². The second kappa shape index (κ2) is 5.87. The molecule has 0 fully saturated rings. The molecule has 1 aromatic carbocycles. The van der Waals surface area contributed by atoms with Crippen molar-refractivity contribution < 1.29 is 4.74 Å². The minimum atomic E-state index is 0.754. The molecule has 1 aliphatic rings. The second-order valence-corrected chi connectivity index (χ2v) is 4.44. The van der Waals surface area contributed by atoms with E-state index in [0.717, 1.165) is 49.1 Å². The summed E-state index contributed by atoms with van der Waals surface area (Å²) < 4.78 is 5.70. The number of rotatable bonds is 2. The number of benzene rings is 1. The first-order valence-electron chi connectivity index (χ1n) is 6.10. The predicted octanol–water partition coefficient (Wildman–Crippen LogP) is 2.56. The maximum atomic E-state index is 5.70. The summed E-state index contributed by atoms with van der Waals surface area (Å²) in [4.78, 5) is 2.13. The van der Waals surface area contributed by atoms with Crippen LogP contribution in [0, 0.1) is 0 Å². The number of fused-ring (bicyclic) bond motifs is 1. The van der Waals surface area contributed by atoms with E-state index in [2.05, 4.69) is 23.2 Å². The summed E-state index contributed by atoms with van der Waals surface area (Å²) in [5.74, 6) is 0.922. The van der Waals surface area contributed by atoms with E-state index >= 15 is 0 Å². The van der Waals surface area contributed by atoms with E-state index in [-0.39, 0.29) is 0 Å². The van der Waals surface area contributed by atoms with Gasteiger partial charge in [-0.2, -0.15) is 0 Å². The molecule has 1 heterocycles. The van der Waals surface area contributed by atoms with Gasteiger partial charge in [0.1, 0.15) is 5.75 Å². The Morgan fingerprint density at radius 2 is 2.29 bits per heavy atom. The molecule has 0 aliphatic carbocycles. The molecule has 2 rings (SSSR count). The molecule has 0 unspecified atom stereocenters. The molecule has 17 heavy (non-hydrogen) atoms. The van der Waals surface area contributed by atoms with Crippen molar-refractivity contribution in [2.45, 2.75) is 19.8 Å². The van der Waals surface area contributed by atoms with E-state index in [0.29, 0.717) is 0 Å². The highest BCUT2D eigenvalue weighted by Crippen LogP contribution is 2.30. The van der Waals surface area contributed by atoms with Crippen LogP contribution in [0.1, 0.15) is 19.8 Å². The summed E-state index contributed by atoms with van der Waals surface area (Å²) in [6, 6.07) is 8.06. The highest BCUT2D eigenvalue weighted by Gasteiger charge is 2.18. The highest BCUT2D eigenvalue weighted by atomic mass is 32.1. The number of hydrogen-bond acceptors (Lipinski definition) is 2. The molecule has 0 saturated carbocycles. The summed E-state index contributed by atoms with van der Waals surface area (Å²) in [7, 11) is 0. The Balaban J connectivity index is 2.19. The van der Waals surface area contributed by atoms with E-state index < -0.39 is 0 Å². The SMILES string of the molecule is CCCNC(=S)N1CCCOc2ccccc21. The number of para-hydroxylation sites is 2. The molecule has 0 spiro atoms. The van der Waals surface area contributed by atoms with Crippen LogP contribution in [0.3, 0.4) is 0 Å². The van der Waals surface area contributed by atoms with Crippen LogP contribution in [0.2, 0.25) is 0 Å². The van der Waals surface area contributed by atoms with Crippen molar-refractivity contribution in [1.82, 2.24) is 5.32 Å². The van der Waals surface area contributed by atoms with Crippen LogP contribution in [0.15, 0.2) is 24.3 Å². The fourth-order valence-electron chi connectivity index (χ4n) is 1.87. The van der Waals surface area contributed by atoms with Gasteiger partial charge in [0.05, 0.1) is 12.3 Å². The van der Waals surface area contributed by atoms with Gasteiger partial charge < -0.3 is 15.0 Å². The van der Waals surface area contributed by atoms with Crippen LogP contribution >= 0.6 is 12.2 Å². The third-order valence-electron chi connectivity index (χ3n) is 2.71. The molecule has 0 radical (unpaired) electrons. The van der Waals surface area contributed by atoms with E-state index in [1.807, 2.05) is 18.2 Å². The Morgan fingerprint density at radius 1 is 1.47 bits per heavy atom. The smallest absolute Gasteiger partial charge is 0.173 e. The van der Waals surface area contributed by atoms with E-state index in [9.17, 15) is 0 Å². The number of thiocarbonyl (C=S) groups is 1. The molecule has 0 atom stereocenters. The van der Waals surface area contributed by atoms with Gasteiger partial charge in [0.2, 0.25) is 0 Å². The summed E-state index contributed by atoms with van der Waals surface area (Å²) in [6.07, 6.45) is 2.06. The minimum Gasteiger partial charge on any atom is -0.491 e. The fraction of sp³-hybridized carbons (Fsp3) is 0.462. The van der Waals surface area contributed by atoms with E-state index in [1.165, 1.54) is 0 Å². The zero-order valence-corrected chi connectivity index (χ0v) is 10.9. The van der Waals surface area contributed by atoms with Gasteiger partial charge in [-0.05, 0) is 37.2 Å². The normalized spacial score (nSPS) is 14.5. The third-order valence-corrected chi connectivity index (χ3v) is 3.08. The Bertz CT molecular complexity index is 395. The van der Waals surface area contributed by atoms with Gasteiger partial charge in [-0.1, -0.05) is 19.1 Å². The fourth-order valence-corrected chi connectivity index (χ4v) is 2.16. The molecule has 0 saturated heterocycles. The number of hydrogen-bond donors (Lipinski definition) is 1. The van der Waals surface area contributed by atoms with Crippen LogP contribution in [0.4, 0.5) is 5.69 Å². The highest BCUT2D eigenvalue weighted by molar-refractivity contribution is 7.80. The zero-order valence-electron chi connectivity index (χ0n) is 10.1. The van der Waals surface area contributed by atoms with E-state index in [4.69, 9.17) is 17.0 Å². The van der Waals surface area contributed by atoms with Gasteiger partial charge in [0.15, 0.2) is 5.11 Å². The molecule has 3 nitrogen and oxygen atoms in total. The van der Waals surface area contributed by atoms with Gasteiger partial charge in [0.25, 0.3) is 0 Å². The first-order chi connectivity index (χ1) is 8.33. The van der Waals surface area contributed by atoms with Crippen LogP contribution < -0.4 is 15.0 Å². The molecule has 4 heteroatoms. The van der Waals surface area contributed by atoms with Crippen molar-refractivity contribution in [3.8, 4) is 5.75 Å². The molecular weight excluding hydrogens is 232 g/mol. The largest absolute Gasteiger partial charge is 0.491 e. The minimum absolute atomic E-state index is 0.754. The first kappa shape index (κ1) is 12.2. The summed E-state index contributed by atoms with van der Waals surface area (Å²) >= 11 is 5.44. The monoisotopic (exact) mass is 250 g/mol. The van der Waals surface area contributed by atoms with Gasteiger partial charge in [-0.3, -0.25) is 0 Å². The molecule has 0 amide bonds. The number of nitrogens with zero attached hydrogens (tertiary/aromatic N) is 1. The molecule has 1 aliphatic heterocycles. The lowest BCUT2D eigenvalue weighted by atomic mass is 10.2. The van der Waals surface area contributed by atoms with E-state index in [1.54, 1.807) is 0 Å². The van der Waals surface area contributed by atoms with Crippen LogP contribution in [0.5, 0.6) is 5.75 Å². The Morgan fingerprint density at radius 3 is 3.12 bits per heavy atom. The molecule has 0 bridgehead atoms. The van der Waals surface area contributed by atoms with Crippen molar-refractivity contribution in [2.24, 2.45) is 0 Å². The molecular formula is C13H18N2OS. The average molecular weight is 250 g/mol.